The van der Waals surface area contributed by atoms with Gasteiger partial charge in [-0.15, -0.1) is 11.3 Å². The first-order valence-corrected chi connectivity index (χ1v) is 7.86. The predicted molar refractivity (Wildman–Crippen MR) is 80.7 cm³/mol. The lowest BCUT2D eigenvalue weighted by Crippen LogP contribution is -2.36. The van der Waals surface area contributed by atoms with E-state index in [-0.39, 0.29) is 11.8 Å². The fourth-order valence-electron chi connectivity index (χ4n) is 1.82. The van der Waals surface area contributed by atoms with Crippen molar-refractivity contribution >= 4 is 33.2 Å². The van der Waals surface area contributed by atoms with Gasteiger partial charge in [0.1, 0.15) is 0 Å². The van der Waals surface area contributed by atoms with Crippen LogP contribution >= 0.6 is 27.3 Å². The third-order valence-corrected chi connectivity index (χ3v) is 4.39. The predicted octanol–water partition coefficient (Wildman–Crippen LogP) is 2.79. The van der Waals surface area contributed by atoms with Gasteiger partial charge in [0.15, 0.2) is 0 Å². The Bertz CT molecular complexity index is 379. The van der Waals surface area contributed by atoms with Crippen molar-refractivity contribution in [3.8, 4) is 0 Å². The molecule has 1 atom stereocenters. The van der Waals surface area contributed by atoms with Gasteiger partial charge in [-0.3, -0.25) is 4.79 Å². The van der Waals surface area contributed by atoms with E-state index in [2.05, 4.69) is 41.2 Å². The van der Waals surface area contributed by atoms with Crippen LogP contribution in [0, 0.1) is 11.8 Å². The zero-order chi connectivity index (χ0) is 13.5. The largest absolute Gasteiger partial charge is 0.355 e. The van der Waals surface area contributed by atoms with E-state index < -0.39 is 0 Å². The van der Waals surface area contributed by atoms with Crippen molar-refractivity contribution in [1.82, 2.24) is 5.32 Å². The summed E-state index contributed by atoms with van der Waals surface area (Å²) in [5.41, 5.74) is 5.64. The Balaban J connectivity index is 2.31. The molecule has 1 amide bonds. The fourth-order valence-corrected chi connectivity index (χ4v) is 3.30. The highest BCUT2D eigenvalue weighted by Gasteiger charge is 2.17. The number of carbonyl (C=O) groups is 1. The smallest absolute Gasteiger partial charge is 0.224 e. The lowest BCUT2D eigenvalue weighted by atomic mass is 9.96. The van der Waals surface area contributed by atoms with Crippen LogP contribution in [0.3, 0.4) is 0 Å². The van der Waals surface area contributed by atoms with Crippen LogP contribution in [0.25, 0.3) is 0 Å². The Morgan fingerprint density at radius 1 is 1.50 bits per heavy atom. The average molecular weight is 333 g/mol. The van der Waals surface area contributed by atoms with Crippen LogP contribution in [0.1, 0.15) is 25.1 Å². The van der Waals surface area contributed by atoms with Gasteiger partial charge in [-0.25, -0.2) is 0 Å². The molecule has 0 fully saturated rings. The zero-order valence-corrected chi connectivity index (χ0v) is 13.3. The summed E-state index contributed by atoms with van der Waals surface area (Å²) in [5.74, 6) is 0.527. The Morgan fingerprint density at radius 2 is 2.22 bits per heavy atom. The van der Waals surface area contributed by atoms with E-state index in [1.165, 1.54) is 4.88 Å². The van der Waals surface area contributed by atoms with Crippen molar-refractivity contribution in [2.24, 2.45) is 17.6 Å². The summed E-state index contributed by atoms with van der Waals surface area (Å²) >= 11 is 5.13. The Morgan fingerprint density at radius 3 is 2.72 bits per heavy atom. The number of nitrogens with two attached hydrogens (primary N) is 1. The van der Waals surface area contributed by atoms with E-state index in [1.807, 2.05) is 6.07 Å². The molecule has 3 nitrogen and oxygen atoms in total. The molecule has 0 aliphatic heterocycles. The van der Waals surface area contributed by atoms with Gasteiger partial charge in [0.25, 0.3) is 0 Å². The van der Waals surface area contributed by atoms with Gasteiger partial charge in [-0.1, -0.05) is 13.8 Å². The molecule has 0 aliphatic rings. The van der Waals surface area contributed by atoms with Crippen LogP contribution in [0.15, 0.2) is 15.9 Å². The van der Waals surface area contributed by atoms with Crippen molar-refractivity contribution in [2.45, 2.75) is 26.7 Å². The van der Waals surface area contributed by atoms with Gasteiger partial charge in [-0.05, 0) is 46.8 Å². The molecule has 0 bridgehead atoms. The van der Waals surface area contributed by atoms with Crippen LogP contribution in [-0.2, 0) is 11.2 Å². The highest BCUT2D eigenvalue weighted by atomic mass is 79.9. The summed E-state index contributed by atoms with van der Waals surface area (Å²) in [6, 6.07) is 4.11. The minimum absolute atomic E-state index is 0.0555. The van der Waals surface area contributed by atoms with Crippen molar-refractivity contribution in [1.29, 1.82) is 0 Å². The average Bonchev–Trinajstić information content (AvgIpc) is 2.71. The Labute approximate surface area is 121 Å². The summed E-state index contributed by atoms with van der Waals surface area (Å²) in [6.45, 7) is 5.33. The number of rotatable bonds is 7. The quantitative estimate of drug-likeness (QED) is 0.806. The minimum atomic E-state index is -0.0555. The Hall–Kier alpha value is -0.390. The normalized spacial score (nSPS) is 12.7. The van der Waals surface area contributed by atoms with Crippen LogP contribution < -0.4 is 11.1 Å². The number of carbonyl (C=O) groups excluding carboxylic acids is 1. The third-order valence-electron chi connectivity index (χ3n) is 2.71. The highest BCUT2D eigenvalue weighted by molar-refractivity contribution is 9.11. The molecular weight excluding hydrogens is 312 g/mol. The monoisotopic (exact) mass is 332 g/mol. The van der Waals surface area contributed by atoms with Gasteiger partial charge in [0.05, 0.1) is 9.70 Å². The van der Waals surface area contributed by atoms with E-state index in [1.54, 1.807) is 11.3 Å². The molecule has 5 heteroatoms. The summed E-state index contributed by atoms with van der Waals surface area (Å²) in [6.07, 6.45) is 1.73. The molecule has 18 heavy (non-hydrogen) atoms. The van der Waals surface area contributed by atoms with E-state index in [0.29, 0.717) is 19.0 Å². The molecule has 1 unspecified atom stereocenters. The SMILES string of the molecule is CC(C)CC(CN)C(=O)NCCc1ccc(Br)s1. The number of hydrogen-bond donors (Lipinski definition) is 2. The first-order chi connectivity index (χ1) is 8.52. The first-order valence-electron chi connectivity index (χ1n) is 6.25. The number of thiophene rings is 1. The number of hydrogen-bond acceptors (Lipinski definition) is 3. The molecule has 0 spiro atoms. The maximum absolute atomic E-state index is 11.9. The van der Waals surface area contributed by atoms with Gasteiger partial charge in [-0.2, -0.15) is 0 Å². The number of halogens is 1. The summed E-state index contributed by atoms with van der Waals surface area (Å²) < 4.78 is 1.13. The standard InChI is InChI=1S/C13H21BrN2OS/c1-9(2)7-10(8-15)13(17)16-6-5-11-3-4-12(14)18-11/h3-4,9-10H,5-8,15H2,1-2H3,(H,16,17). The van der Waals surface area contributed by atoms with Crippen molar-refractivity contribution in [3.63, 3.8) is 0 Å². The second kappa shape index (κ2) is 7.92. The fraction of sp³-hybridized carbons (Fsp3) is 0.615. The molecule has 0 radical (unpaired) electrons. The van der Waals surface area contributed by atoms with Crippen LogP contribution in [-0.4, -0.2) is 19.0 Å². The van der Waals surface area contributed by atoms with Crippen molar-refractivity contribution < 1.29 is 4.79 Å². The lowest BCUT2D eigenvalue weighted by molar-refractivity contribution is -0.125. The van der Waals surface area contributed by atoms with Crippen LogP contribution in [0.4, 0.5) is 0 Å². The van der Waals surface area contributed by atoms with Gasteiger partial charge >= 0.3 is 0 Å². The van der Waals surface area contributed by atoms with Gasteiger partial charge in [0.2, 0.25) is 5.91 Å². The van der Waals surface area contributed by atoms with Gasteiger partial charge in [0, 0.05) is 18.0 Å². The molecule has 0 aromatic carbocycles. The molecule has 0 saturated heterocycles. The van der Waals surface area contributed by atoms with Crippen molar-refractivity contribution in [3.05, 3.63) is 20.8 Å². The third kappa shape index (κ3) is 5.50. The topological polar surface area (TPSA) is 55.1 Å². The van der Waals surface area contributed by atoms with E-state index in [0.717, 1.165) is 16.6 Å². The van der Waals surface area contributed by atoms with E-state index >= 15 is 0 Å². The van der Waals surface area contributed by atoms with Crippen LogP contribution in [0.5, 0.6) is 0 Å². The lowest BCUT2D eigenvalue weighted by Gasteiger charge is -2.16. The zero-order valence-electron chi connectivity index (χ0n) is 10.9. The highest BCUT2D eigenvalue weighted by Crippen LogP contribution is 2.22. The number of nitrogens with one attached hydrogen (secondary N) is 1. The minimum Gasteiger partial charge on any atom is -0.355 e. The Kier molecular flexibility index (Phi) is 6.89. The van der Waals surface area contributed by atoms with E-state index in [9.17, 15) is 4.79 Å². The van der Waals surface area contributed by atoms with Gasteiger partial charge < -0.3 is 11.1 Å². The molecule has 102 valence electrons. The first kappa shape index (κ1) is 15.7. The summed E-state index contributed by atoms with van der Waals surface area (Å²) in [7, 11) is 0. The van der Waals surface area contributed by atoms with Crippen molar-refractivity contribution in [2.75, 3.05) is 13.1 Å². The molecule has 1 heterocycles. The second-order valence-corrected chi connectivity index (χ2v) is 7.36. The van der Waals surface area contributed by atoms with Crippen LogP contribution in [0.2, 0.25) is 0 Å². The summed E-state index contributed by atoms with van der Waals surface area (Å²) in [4.78, 5) is 13.2. The molecule has 3 N–H and O–H groups in total. The molecule has 1 aromatic heterocycles. The molecule has 0 aliphatic carbocycles. The maximum atomic E-state index is 11.9. The number of amides is 1. The molecule has 1 aromatic rings. The molecule has 0 saturated carbocycles. The second-order valence-electron chi connectivity index (χ2n) is 4.81. The summed E-state index contributed by atoms with van der Waals surface area (Å²) in [5, 5.41) is 2.97. The molecule has 1 rings (SSSR count). The molecular formula is C13H21BrN2OS. The van der Waals surface area contributed by atoms with E-state index in [4.69, 9.17) is 5.73 Å². The maximum Gasteiger partial charge on any atom is 0.224 e.